The molecule has 0 radical (unpaired) electrons. The van der Waals surface area contributed by atoms with Crippen LogP contribution < -0.4 is 5.32 Å². The molecule has 0 aliphatic carbocycles. The van der Waals surface area contributed by atoms with E-state index < -0.39 is 0 Å². The summed E-state index contributed by atoms with van der Waals surface area (Å²) in [4.78, 5) is 13.4. The minimum absolute atomic E-state index is 0.713. The summed E-state index contributed by atoms with van der Waals surface area (Å²) in [6.45, 7) is 4.16. The van der Waals surface area contributed by atoms with Gasteiger partial charge in [-0.15, -0.1) is 0 Å². The maximum Gasteiger partial charge on any atom is 0.191 e. The summed E-state index contributed by atoms with van der Waals surface area (Å²) in [7, 11) is 0. The number of hydrogen-bond acceptors (Lipinski definition) is 5. The normalized spacial score (nSPS) is 10.8. The fraction of sp³-hybridized carbons (Fsp3) is 0.188. The Bertz CT molecular complexity index is 801. The lowest BCUT2D eigenvalue weighted by Gasteiger charge is -2.12. The van der Waals surface area contributed by atoms with Crippen LogP contribution in [0.1, 0.15) is 11.1 Å². The number of pyridine rings is 1. The molecule has 21 heavy (non-hydrogen) atoms. The Labute approximate surface area is 128 Å². The SMILES string of the molecule is CSc1nc(Nc2cc(C)ccc2C)c2cccnc2n1. The van der Waals surface area contributed by atoms with Crippen LogP contribution in [0.4, 0.5) is 11.5 Å². The van der Waals surface area contributed by atoms with E-state index in [4.69, 9.17) is 0 Å². The van der Waals surface area contributed by atoms with Crippen molar-refractivity contribution in [3.8, 4) is 0 Å². The smallest absolute Gasteiger partial charge is 0.191 e. The Morgan fingerprint density at radius 1 is 1.10 bits per heavy atom. The van der Waals surface area contributed by atoms with Crippen molar-refractivity contribution >= 4 is 34.3 Å². The molecule has 0 fully saturated rings. The van der Waals surface area contributed by atoms with Crippen LogP contribution in [0.25, 0.3) is 11.0 Å². The molecule has 5 heteroatoms. The number of anilines is 2. The zero-order chi connectivity index (χ0) is 14.8. The second kappa shape index (κ2) is 5.69. The zero-order valence-corrected chi connectivity index (χ0v) is 13.0. The molecule has 2 aromatic heterocycles. The van der Waals surface area contributed by atoms with Crippen LogP contribution in [0, 0.1) is 13.8 Å². The molecule has 0 amide bonds. The molecule has 4 nitrogen and oxygen atoms in total. The molecule has 0 aliphatic heterocycles. The highest BCUT2D eigenvalue weighted by molar-refractivity contribution is 7.98. The second-order valence-electron chi connectivity index (χ2n) is 4.88. The average Bonchev–Trinajstić information content (AvgIpc) is 2.50. The third-order valence-corrected chi connectivity index (χ3v) is 3.83. The monoisotopic (exact) mass is 296 g/mol. The van der Waals surface area contributed by atoms with Crippen molar-refractivity contribution in [1.82, 2.24) is 15.0 Å². The van der Waals surface area contributed by atoms with Crippen molar-refractivity contribution in [3.05, 3.63) is 47.7 Å². The lowest BCUT2D eigenvalue weighted by molar-refractivity contribution is 0.996. The van der Waals surface area contributed by atoms with Crippen molar-refractivity contribution in [2.24, 2.45) is 0 Å². The van der Waals surface area contributed by atoms with Gasteiger partial charge in [0.1, 0.15) is 5.82 Å². The molecule has 3 aromatic rings. The van der Waals surface area contributed by atoms with Gasteiger partial charge in [0.2, 0.25) is 0 Å². The molecule has 0 bridgehead atoms. The highest BCUT2D eigenvalue weighted by Gasteiger charge is 2.09. The largest absolute Gasteiger partial charge is 0.339 e. The molecule has 0 saturated heterocycles. The summed E-state index contributed by atoms with van der Waals surface area (Å²) in [6.07, 6.45) is 3.72. The third-order valence-electron chi connectivity index (χ3n) is 3.28. The molecule has 0 unspecified atom stereocenters. The van der Waals surface area contributed by atoms with Crippen LogP contribution in [0.5, 0.6) is 0 Å². The molecule has 0 saturated carbocycles. The molecular formula is C16H16N4S. The van der Waals surface area contributed by atoms with E-state index >= 15 is 0 Å². The van der Waals surface area contributed by atoms with Gasteiger partial charge in [0.25, 0.3) is 0 Å². The van der Waals surface area contributed by atoms with E-state index in [0.717, 1.165) is 16.9 Å². The Morgan fingerprint density at radius 2 is 1.95 bits per heavy atom. The highest BCUT2D eigenvalue weighted by Crippen LogP contribution is 2.27. The van der Waals surface area contributed by atoms with E-state index in [2.05, 4.69) is 52.3 Å². The Kier molecular flexibility index (Phi) is 3.75. The van der Waals surface area contributed by atoms with Crippen LogP contribution in [-0.2, 0) is 0 Å². The zero-order valence-electron chi connectivity index (χ0n) is 12.2. The van der Waals surface area contributed by atoms with E-state index in [1.165, 1.54) is 22.9 Å². The third kappa shape index (κ3) is 2.83. The Hall–Kier alpha value is -2.14. The van der Waals surface area contributed by atoms with Crippen LogP contribution in [-0.4, -0.2) is 21.2 Å². The van der Waals surface area contributed by atoms with Gasteiger partial charge in [0.15, 0.2) is 10.8 Å². The molecule has 1 N–H and O–H groups in total. The number of thioether (sulfide) groups is 1. The van der Waals surface area contributed by atoms with Crippen molar-refractivity contribution in [2.75, 3.05) is 11.6 Å². The number of benzene rings is 1. The van der Waals surface area contributed by atoms with E-state index in [1.807, 2.05) is 18.4 Å². The predicted octanol–water partition coefficient (Wildman–Crippen LogP) is 4.11. The number of hydrogen-bond donors (Lipinski definition) is 1. The summed E-state index contributed by atoms with van der Waals surface area (Å²) in [5.74, 6) is 0.797. The molecule has 1 aromatic carbocycles. The van der Waals surface area contributed by atoms with Gasteiger partial charge in [0.05, 0.1) is 5.39 Å². The number of fused-ring (bicyclic) bond motifs is 1. The van der Waals surface area contributed by atoms with Crippen LogP contribution in [0.2, 0.25) is 0 Å². The first-order valence-corrected chi connectivity index (χ1v) is 7.91. The molecule has 106 valence electrons. The molecule has 0 atom stereocenters. The summed E-state index contributed by atoms with van der Waals surface area (Å²) in [5.41, 5.74) is 4.17. The lowest BCUT2D eigenvalue weighted by Crippen LogP contribution is -2.00. The van der Waals surface area contributed by atoms with Gasteiger partial charge < -0.3 is 5.32 Å². The van der Waals surface area contributed by atoms with Gasteiger partial charge in [-0.1, -0.05) is 23.9 Å². The van der Waals surface area contributed by atoms with Gasteiger partial charge in [-0.2, -0.15) is 0 Å². The molecular weight excluding hydrogens is 280 g/mol. The van der Waals surface area contributed by atoms with Crippen LogP contribution in [0.3, 0.4) is 0 Å². The first-order chi connectivity index (χ1) is 10.2. The fourth-order valence-electron chi connectivity index (χ4n) is 2.13. The van der Waals surface area contributed by atoms with E-state index in [1.54, 1.807) is 6.20 Å². The maximum atomic E-state index is 4.59. The second-order valence-corrected chi connectivity index (χ2v) is 5.65. The minimum Gasteiger partial charge on any atom is -0.339 e. The number of aromatic nitrogens is 3. The fourth-order valence-corrected chi connectivity index (χ4v) is 2.49. The van der Waals surface area contributed by atoms with Gasteiger partial charge in [-0.3, -0.25) is 0 Å². The highest BCUT2D eigenvalue weighted by atomic mass is 32.2. The van der Waals surface area contributed by atoms with Crippen LogP contribution >= 0.6 is 11.8 Å². The van der Waals surface area contributed by atoms with Gasteiger partial charge in [0, 0.05) is 11.9 Å². The van der Waals surface area contributed by atoms with Crippen LogP contribution in [0.15, 0.2) is 41.7 Å². The number of nitrogens with zero attached hydrogens (tertiary/aromatic N) is 3. The first kappa shape index (κ1) is 13.8. The summed E-state index contributed by atoms with van der Waals surface area (Å²) in [5, 5.41) is 5.07. The molecule has 0 aliphatic rings. The average molecular weight is 296 g/mol. The predicted molar refractivity (Wildman–Crippen MR) is 88.3 cm³/mol. The summed E-state index contributed by atoms with van der Waals surface area (Å²) >= 11 is 1.51. The van der Waals surface area contributed by atoms with Gasteiger partial charge in [-0.05, 0) is 49.4 Å². The lowest BCUT2D eigenvalue weighted by atomic mass is 10.1. The quantitative estimate of drug-likeness (QED) is 0.582. The van der Waals surface area contributed by atoms with Gasteiger partial charge >= 0.3 is 0 Å². The molecule has 2 heterocycles. The Morgan fingerprint density at radius 3 is 2.76 bits per heavy atom. The number of aryl methyl sites for hydroxylation is 2. The van der Waals surface area contributed by atoms with E-state index in [9.17, 15) is 0 Å². The van der Waals surface area contributed by atoms with Crippen molar-refractivity contribution in [2.45, 2.75) is 19.0 Å². The van der Waals surface area contributed by atoms with Gasteiger partial charge in [-0.25, -0.2) is 15.0 Å². The van der Waals surface area contributed by atoms with E-state index in [-0.39, 0.29) is 0 Å². The van der Waals surface area contributed by atoms with E-state index in [0.29, 0.717) is 10.8 Å². The summed E-state index contributed by atoms with van der Waals surface area (Å²) < 4.78 is 0. The number of rotatable bonds is 3. The van der Waals surface area contributed by atoms with Crippen molar-refractivity contribution < 1.29 is 0 Å². The standard InChI is InChI=1S/C16H16N4S/c1-10-6-7-11(2)13(9-10)18-15-12-5-4-8-17-14(12)19-16(20-15)21-3/h4-9H,1-3H3,(H,17,18,19,20). The topological polar surface area (TPSA) is 50.7 Å². The summed E-state index contributed by atoms with van der Waals surface area (Å²) in [6, 6.07) is 10.2. The Balaban J connectivity index is 2.13. The van der Waals surface area contributed by atoms with Crippen molar-refractivity contribution in [1.29, 1.82) is 0 Å². The van der Waals surface area contributed by atoms with Crippen molar-refractivity contribution in [3.63, 3.8) is 0 Å². The minimum atomic E-state index is 0.713. The molecule has 0 spiro atoms. The maximum absolute atomic E-state index is 4.59. The number of nitrogens with one attached hydrogen (secondary N) is 1. The first-order valence-electron chi connectivity index (χ1n) is 6.68. The molecule has 3 rings (SSSR count).